The molecule has 0 unspecified atom stereocenters. The van der Waals surface area contributed by atoms with Crippen molar-refractivity contribution in [3.8, 4) is 5.88 Å². The van der Waals surface area contributed by atoms with Crippen LogP contribution in [0.1, 0.15) is 0 Å². The first-order chi connectivity index (χ1) is 6.33. The lowest BCUT2D eigenvalue weighted by Crippen LogP contribution is -2.05. The largest absolute Gasteiger partial charge is 0.481 e. The van der Waals surface area contributed by atoms with E-state index >= 15 is 0 Å². The molecule has 0 bridgehead atoms. The third-order valence-corrected chi connectivity index (χ3v) is 1.86. The lowest BCUT2D eigenvalue weighted by atomic mass is 10.2. The van der Waals surface area contributed by atoms with Crippen molar-refractivity contribution >= 4 is 10.8 Å². The second-order valence-electron chi connectivity index (χ2n) is 2.59. The number of hydrogen-bond donors (Lipinski definition) is 1. The van der Waals surface area contributed by atoms with Crippen LogP contribution < -0.4 is 10.3 Å². The van der Waals surface area contributed by atoms with Gasteiger partial charge in [-0.1, -0.05) is 0 Å². The number of rotatable bonds is 1. The average molecular weight is 176 g/mol. The number of pyridine rings is 2. The molecule has 1 N–H and O–H groups in total. The van der Waals surface area contributed by atoms with E-state index < -0.39 is 0 Å². The summed E-state index contributed by atoms with van der Waals surface area (Å²) in [6.07, 6.45) is 3.13. The number of aromatic nitrogens is 2. The fourth-order valence-electron chi connectivity index (χ4n) is 1.25. The van der Waals surface area contributed by atoms with E-state index in [-0.39, 0.29) is 5.56 Å². The number of H-pyrrole nitrogens is 1. The van der Waals surface area contributed by atoms with Crippen LogP contribution in [0.2, 0.25) is 0 Å². The summed E-state index contributed by atoms with van der Waals surface area (Å²) in [4.78, 5) is 17.9. The summed E-state index contributed by atoms with van der Waals surface area (Å²) in [5.41, 5.74) is -0.127. The van der Waals surface area contributed by atoms with Gasteiger partial charge in [0.25, 0.3) is 5.56 Å². The molecule has 2 heterocycles. The van der Waals surface area contributed by atoms with E-state index in [1.54, 1.807) is 24.5 Å². The van der Waals surface area contributed by atoms with Crippen LogP contribution >= 0.6 is 0 Å². The van der Waals surface area contributed by atoms with E-state index in [4.69, 9.17) is 4.74 Å². The highest BCUT2D eigenvalue weighted by Gasteiger charge is 2.03. The maximum absolute atomic E-state index is 11.3. The van der Waals surface area contributed by atoms with Crippen molar-refractivity contribution in [1.29, 1.82) is 0 Å². The quantitative estimate of drug-likeness (QED) is 0.703. The molecule has 4 nitrogen and oxygen atoms in total. The molecule has 0 atom stereocenters. The molecule has 2 rings (SSSR count). The Morgan fingerprint density at radius 1 is 1.38 bits per heavy atom. The van der Waals surface area contributed by atoms with Gasteiger partial charge in [-0.25, -0.2) is 4.98 Å². The highest BCUT2D eigenvalue weighted by atomic mass is 16.5. The molecular formula is C9H8N2O2. The van der Waals surface area contributed by atoms with E-state index in [0.29, 0.717) is 11.3 Å². The van der Waals surface area contributed by atoms with Crippen molar-refractivity contribution in [3.63, 3.8) is 0 Å². The van der Waals surface area contributed by atoms with Gasteiger partial charge in [0, 0.05) is 12.4 Å². The first kappa shape index (κ1) is 7.79. The van der Waals surface area contributed by atoms with Gasteiger partial charge in [0.15, 0.2) is 0 Å². The first-order valence-electron chi connectivity index (χ1n) is 3.83. The number of methoxy groups -OCH3 is 1. The molecule has 2 aromatic rings. The van der Waals surface area contributed by atoms with Crippen LogP contribution in [-0.2, 0) is 0 Å². The van der Waals surface area contributed by atoms with Crippen LogP contribution in [0.15, 0.2) is 29.3 Å². The number of aromatic amines is 1. The van der Waals surface area contributed by atoms with E-state index in [1.807, 2.05) is 0 Å². The van der Waals surface area contributed by atoms with Gasteiger partial charge < -0.3 is 9.72 Å². The third-order valence-electron chi connectivity index (χ3n) is 1.86. The Morgan fingerprint density at radius 3 is 3.00 bits per heavy atom. The zero-order chi connectivity index (χ0) is 9.26. The van der Waals surface area contributed by atoms with Gasteiger partial charge in [-0.15, -0.1) is 0 Å². The minimum atomic E-state index is -0.127. The average Bonchev–Trinajstić information content (AvgIpc) is 2.18. The molecule has 0 aliphatic carbocycles. The van der Waals surface area contributed by atoms with Gasteiger partial charge in [-0.3, -0.25) is 4.79 Å². The molecule has 4 heteroatoms. The smallest absolute Gasteiger partial charge is 0.256 e. The molecule has 0 fully saturated rings. The van der Waals surface area contributed by atoms with Gasteiger partial charge in [-0.2, -0.15) is 0 Å². The molecule has 0 aliphatic heterocycles. The van der Waals surface area contributed by atoms with Crippen LogP contribution in [-0.4, -0.2) is 17.1 Å². The summed E-state index contributed by atoms with van der Waals surface area (Å²) >= 11 is 0. The normalized spacial score (nSPS) is 10.2. The number of ether oxygens (including phenoxy) is 1. The molecule has 2 aromatic heterocycles. The summed E-state index contributed by atoms with van der Waals surface area (Å²) in [7, 11) is 1.53. The maximum Gasteiger partial charge on any atom is 0.256 e. The molecular weight excluding hydrogens is 168 g/mol. The zero-order valence-electron chi connectivity index (χ0n) is 7.07. The summed E-state index contributed by atoms with van der Waals surface area (Å²) in [6.45, 7) is 0. The van der Waals surface area contributed by atoms with Gasteiger partial charge in [0.2, 0.25) is 5.88 Å². The summed E-state index contributed by atoms with van der Waals surface area (Å²) in [5, 5.41) is 1.32. The predicted molar refractivity (Wildman–Crippen MR) is 48.9 cm³/mol. The summed E-state index contributed by atoms with van der Waals surface area (Å²) in [5.74, 6) is 0.476. The molecule has 0 amide bonds. The van der Waals surface area contributed by atoms with Crippen LogP contribution in [0.25, 0.3) is 10.8 Å². The summed E-state index contributed by atoms with van der Waals surface area (Å²) < 4.78 is 5.02. The standard InChI is InChI=1S/C9H8N2O2/c1-13-9-7-3-4-10-8(12)6(7)2-5-11-9/h2-5H,1H3,(H,10,12). The first-order valence-corrected chi connectivity index (χ1v) is 3.83. The molecule has 66 valence electrons. The Balaban J connectivity index is 2.92. The Labute approximate surface area is 74.2 Å². The minimum Gasteiger partial charge on any atom is -0.481 e. The van der Waals surface area contributed by atoms with E-state index in [2.05, 4.69) is 9.97 Å². The number of nitrogens with one attached hydrogen (secondary N) is 1. The molecule has 13 heavy (non-hydrogen) atoms. The minimum absolute atomic E-state index is 0.127. The second kappa shape index (κ2) is 2.90. The molecule has 0 saturated carbocycles. The van der Waals surface area contributed by atoms with Crippen molar-refractivity contribution < 1.29 is 4.74 Å². The number of hydrogen-bond acceptors (Lipinski definition) is 3. The zero-order valence-corrected chi connectivity index (χ0v) is 7.07. The van der Waals surface area contributed by atoms with Crippen molar-refractivity contribution in [2.24, 2.45) is 0 Å². The molecule has 0 aliphatic rings. The van der Waals surface area contributed by atoms with Crippen LogP contribution in [0.3, 0.4) is 0 Å². The molecule has 0 spiro atoms. The highest BCUT2D eigenvalue weighted by molar-refractivity contribution is 5.85. The summed E-state index contributed by atoms with van der Waals surface area (Å²) in [6, 6.07) is 3.43. The predicted octanol–water partition coefficient (Wildman–Crippen LogP) is 0.932. The second-order valence-corrected chi connectivity index (χ2v) is 2.59. The maximum atomic E-state index is 11.3. The van der Waals surface area contributed by atoms with Crippen LogP contribution in [0, 0.1) is 0 Å². The van der Waals surface area contributed by atoms with Gasteiger partial charge in [0.1, 0.15) is 0 Å². The number of fused-ring (bicyclic) bond motifs is 1. The van der Waals surface area contributed by atoms with Crippen molar-refractivity contribution in [2.45, 2.75) is 0 Å². The molecule has 0 aromatic carbocycles. The van der Waals surface area contributed by atoms with Gasteiger partial charge in [-0.05, 0) is 12.1 Å². The third kappa shape index (κ3) is 1.16. The van der Waals surface area contributed by atoms with Crippen LogP contribution in [0.4, 0.5) is 0 Å². The van der Waals surface area contributed by atoms with Gasteiger partial charge >= 0.3 is 0 Å². The van der Waals surface area contributed by atoms with E-state index in [9.17, 15) is 4.79 Å². The van der Waals surface area contributed by atoms with Crippen molar-refractivity contribution in [2.75, 3.05) is 7.11 Å². The lowest BCUT2D eigenvalue weighted by molar-refractivity contribution is 0.403. The fraction of sp³-hybridized carbons (Fsp3) is 0.111. The number of nitrogens with zero attached hydrogens (tertiary/aromatic N) is 1. The Hall–Kier alpha value is -1.84. The highest BCUT2D eigenvalue weighted by Crippen LogP contribution is 2.18. The lowest BCUT2D eigenvalue weighted by Gasteiger charge is -2.01. The molecule has 0 saturated heterocycles. The molecule has 0 radical (unpaired) electrons. The Kier molecular flexibility index (Phi) is 1.73. The topological polar surface area (TPSA) is 55.0 Å². The van der Waals surface area contributed by atoms with E-state index in [0.717, 1.165) is 5.39 Å². The fourth-order valence-corrected chi connectivity index (χ4v) is 1.25. The van der Waals surface area contributed by atoms with Crippen molar-refractivity contribution in [1.82, 2.24) is 9.97 Å². The Morgan fingerprint density at radius 2 is 2.23 bits per heavy atom. The Bertz CT molecular complexity index is 490. The SMILES string of the molecule is COc1nccc2c(=O)[nH]ccc12. The van der Waals surface area contributed by atoms with E-state index in [1.165, 1.54) is 7.11 Å². The van der Waals surface area contributed by atoms with Crippen molar-refractivity contribution in [3.05, 3.63) is 34.9 Å². The monoisotopic (exact) mass is 176 g/mol. The van der Waals surface area contributed by atoms with Crippen LogP contribution in [0.5, 0.6) is 5.88 Å². The van der Waals surface area contributed by atoms with Gasteiger partial charge in [0.05, 0.1) is 17.9 Å².